The number of ether oxygens (including phenoxy) is 1. The summed E-state index contributed by atoms with van der Waals surface area (Å²) in [5.41, 5.74) is 5.18. The van der Waals surface area contributed by atoms with Crippen LogP contribution >= 0.6 is 0 Å². The molecule has 1 atom stereocenters. The third-order valence-corrected chi connectivity index (χ3v) is 1.69. The molecule has 0 radical (unpaired) electrons. The van der Waals surface area contributed by atoms with E-state index in [0.29, 0.717) is 13.0 Å². The van der Waals surface area contributed by atoms with Gasteiger partial charge in [0, 0.05) is 13.2 Å². The fourth-order valence-corrected chi connectivity index (χ4v) is 1.04. The maximum absolute atomic E-state index is 10.9. The summed E-state index contributed by atoms with van der Waals surface area (Å²) in [6.45, 7) is 6.09. The van der Waals surface area contributed by atoms with Crippen molar-refractivity contribution in [1.29, 1.82) is 0 Å². The minimum Gasteiger partial charge on any atom is -0.381 e. The minimum absolute atomic E-state index is 0.248. The van der Waals surface area contributed by atoms with Crippen LogP contribution in [0.2, 0.25) is 0 Å². The Morgan fingerprint density at radius 3 is 2.62 bits per heavy atom. The first kappa shape index (κ1) is 12.4. The van der Waals surface area contributed by atoms with Gasteiger partial charge in [0.25, 0.3) is 0 Å². The normalized spacial score (nSPS) is 12.8. The highest BCUT2D eigenvalue weighted by Crippen LogP contribution is 1.92. The molecule has 0 spiro atoms. The highest BCUT2D eigenvalue weighted by Gasteiger charge is 2.12. The second-order valence-electron chi connectivity index (χ2n) is 2.91. The van der Waals surface area contributed by atoms with Gasteiger partial charge in [-0.3, -0.25) is 4.79 Å². The molecule has 1 amide bonds. The number of carbonyl (C=O) groups excluding carboxylic acids is 1. The van der Waals surface area contributed by atoms with Crippen molar-refractivity contribution in [3.63, 3.8) is 0 Å². The van der Waals surface area contributed by atoms with Crippen LogP contribution in [0.5, 0.6) is 0 Å². The van der Waals surface area contributed by atoms with Crippen molar-refractivity contribution in [1.82, 2.24) is 5.32 Å². The molecule has 0 saturated carbocycles. The van der Waals surface area contributed by atoms with Crippen molar-refractivity contribution in [2.24, 2.45) is 5.73 Å². The fourth-order valence-electron chi connectivity index (χ4n) is 1.04. The van der Waals surface area contributed by atoms with Crippen LogP contribution in [0.15, 0.2) is 0 Å². The minimum atomic E-state index is -0.304. The molecule has 0 aliphatic carbocycles. The smallest absolute Gasteiger partial charge is 0.234 e. The molecule has 1 unspecified atom stereocenters. The SMILES string of the molecule is CCCOCCC(NCC)C(N)=O. The molecule has 0 saturated heterocycles. The Kier molecular flexibility index (Phi) is 7.63. The second kappa shape index (κ2) is 8.01. The van der Waals surface area contributed by atoms with Gasteiger partial charge in [-0.05, 0) is 19.4 Å². The van der Waals surface area contributed by atoms with Gasteiger partial charge in [0.1, 0.15) is 0 Å². The Labute approximate surface area is 79.8 Å². The predicted octanol–water partition coefficient (Wildman–Crippen LogP) is 0.267. The number of hydrogen-bond donors (Lipinski definition) is 2. The summed E-state index contributed by atoms with van der Waals surface area (Å²) in [7, 11) is 0. The quantitative estimate of drug-likeness (QED) is 0.537. The van der Waals surface area contributed by atoms with Crippen LogP contribution < -0.4 is 11.1 Å². The molecule has 0 aromatic carbocycles. The molecule has 13 heavy (non-hydrogen) atoms. The Morgan fingerprint density at radius 1 is 1.46 bits per heavy atom. The summed E-state index contributed by atoms with van der Waals surface area (Å²) in [5, 5.41) is 3.00. The number of rotatable bonds is 8. The first-order valence-corrected chi connectivity index (χ1v) is 4.82. The zero-order valence-corrected chi connectivity index (χ0v) is 8.51. The van der Waals surface area contributed by atoms with Crippen LogP contribution in [0.3, 0.4) is 0 Å². The van der Waals surface area contributed by atoms with Crippen molar-refractivity contribution in [2.75, 3.05) is 19.8 Å². The van der Waals surface area contributed by atoms with E-state index in [-0.39, 0.29) is 11.9 Å². The van der Waals surface area contributed by atoms with E-state index in [1.807, 2.05) is 6.92 Å². The van der Waals surface area contributed by atoms with Gasteiger partial charge < -0.3 is 15.8 Å². The molecule has 0 aromatic heterocycles. The van der Waals surface area contributed by atoms with Crippen LogP contribution in [0.1, 0.15) is 26.7 Å². The predicted molar refractivity (Wildman–Crippen MR) is 52.4 cm³/mol. The van der Waals surface area contributed by atoms with Crippen molar-refractivity contribution in [3.8, 4) is 0 Å². The Balaban J connectivity index is 3.51. The van der Waals surface area contributed by atoms with E-state index in [1.165, 1.54) is 0 Å². The van der Waals surface area contributed by atoms with Crippen LogP contribution in [0.4, 0.5) is 0 Å². The molecule has 4 nitrogen and oxygen atoms in total. The number of primary amides is 1. The van der Waals surface area contributed by atoms with E-state index in [2.05, 4.69) is 12.2 Å². The van der Waals surface area contributed by atoms with Gasteiger partial charge in [-0.2, -0.15) is 0 Å². The van der Waals surface area contributed by atoms with Crippen molar-refractivity contribution in [3.05, 3.63) is 0 Å². The van der Waals surface area contributed by atoms with Gasteiger partial charge >= 0.3 is 0 Å². The number of nitrogens with two attached hydrogens (primary N) is 1. The molecule has 0 bridgehead atoms. The lowest BCUT2D eigenvalue weighted by Gasteiger charge is -2.13. The monoisotopic (exact) mass is 188 g/mol. The van der Waals surface area contributed by atoms with Crippen molar-refractivity contribution in [2.45, 2.75) is 32.7 Å². The lowest BCUT2D eigenvalue weighted by Crippen LogP contribution is -2.41. The van der Waals surface area contributed by atoms with E-state index < -0.39 is 0 Å². The average Bonchev–Trinajstić information content (AvgIpc) is 2.10. The van der Waals surface area contributed by atoms with Crippen LogP contribution in [-0.4, -0.2) is 31.7 Å². The molecule has 3 N–H and O–H groups in total. The maximum Gasteiger partial charge on any atom is 0.234 e. The molecule has 0 aliphatic heterocycles. The summed E-state index contributed by atoms with van der Waals surface area (Å²) in [6, 6.07) is -0.248. The van der Waals surface area contributed by atoms with Crippen molar-refractivity contribution < 1.29 is 9.53 Å². The Hall–Kier alpha value is -0.610. The first-order valence-electron chi connectivity index (χ1n) is 4.82. The summed E-state index contributed by atoms with van der Waals surface area (Å²) in [5.74, 6) is -0.304. The van der Waals surface area contributed by atoms with Gasteiger partial charge in [0.15, 0.2) is 0 Å². The number of likely N-dealkylation sites (N-methyl/N-ethyl adjacent to an activating group) is 1. The van der Waals surface area contributed by atoms with Crippen molar-refractivity contribution >= 4 is 5.91 Å². The van der Waals surface area contributed by atoms with E-state index in [0.717, 1.165) is 19.6 Å². The molecule has 0 fully saturated rings. The van der Waals surface area contributed by atoms with E-state index in [4.69, 9.17) is 10.5 Å². The average molecular weight is 188 g/mol. The van der Waals surface area contributed by atoms with Gasteiger partial charge in [0.05, 0.1) is 6.04 Å². The standard InChI is InChI=1S/C9H20N2O2/c1-3-6-13-7-5-8(9(10)12)11-4-2/h8,11H,3-7H2,1-2H3,(H2,10,12). The molecule has 0 aromatic rings. The van der Waals surface area contributed by atoms with Crippen LogP contribution in [-0.2, 0) is 9.53 Å². The first-order chi connectivity index (χ1) is 6.22. The van der Waals surface area contributed by atoms with Crippen LogP contribution in [0, 0.1) is 0 Å². The third kappa shape index (κ3) is 6.54. The third-order valence-electron chi connectivity index (χ3n) is 1.69. The molecular weight excluding hydrogens is 168 g/mol. The zero-order chi connectivity index (χ0) is 10.1. The number of hydrogen-bond acceptors (Lipinski definition) is 3. The maximum atomic E-state index is 10.9. The number of carbonyl (C=O) groups is 1. The Morgan fingerprint density at radius 2 is 2.15 bits per heavy atom. The summed E-state index contributed by atoms with van der Waals surface area (Å²) >= 11 is 0. The topological polar surface area (TPSA) is 64.3 Å². The van der Waals surface area contributed by atoms with E-state index >= 15 is 0 Å². The highest BCUT2D eigenvalue weighted by atomic mass is 16.5. The van der Waals surface area contributed by atoms with Crippen LogP contribution in [0.25, 0.3) is 0 Å². The fraction of sp³-hybridized carbons (Fsp3) is 0.889. The van der Waals surface area contributed by atoms with Gasteiger partial charge in [-0.25, -0.2) is 0 Å². The zero-order valence-electron chi connectivity index (χ0n) is 8.51. The number of amides is 1. The van der Waals surface area contributed by atoms with E-state index in [9.17, 15) is 4.79 Å². The van der Waals surface area contributed by atoms with Gasteiger partial charge in [-0.1, -0.05) is 13.8 Å². The molecule has 0 aliphatic rings. The molecule has 78 valence electrons. The lowest BCUT2D eigenvalue weighted by molar-refractivity contribution is -0.120. The summed E-state index contributed by atoms with van der Waals surface area (Å²) in [6.07, 6.45) is 1.66. The summed E-state index contributed by atoms with van der Waals surface area (Å²) in [4.78, 5) is 10.9. The lowest BCUT2D eigenvalue weighted by atomic mass is 10.2. The summed E-state index contributed by atoms with van der Waals surface area (Å²) < 4.78 is 5.26. The van der Waals surface area contributed by atoms with E-state index in [1.54, 1.807) is 0 Å². The Bertz CT molecular complexity index is 140. The number of nitrogens with one attached hydrogen (secondary N) is 1. The molecule has 0 heterocycles. The van der Waals surface area contributed by atoms with Gasteiger partial charge in [0.2, 0.25) is 5.91 Å². The second-order valence-corrected chi connectivity index (χ2v) is 2.91. The molecular formula is C9H20N2O2. The molecule has 4 heteroatoms. The highest BCUT2D eigenvalue weighted by molar-refractivity contribution is 5.79. The van der Waals surface area contributed by atoms with Gasteiger partial charge in [-0.15, -0.1) is 0 Å². The largest absolute Gasteiger partial charge is 0.381 e. The molecule has 0 rings (SSSR count).